The van der Waals surface area contributed by atoms with Crippen LogP contribution in [0.4, 0.5) is 0 Å². The van der Waals surface area contributed by atoms with Gasteiger partial charge in [-0.2, -0.15) is 0 Å². The van der Waals surface area contributed by atoms with Crippen molar-refractivity contribution in [1.29, 1.82) is 0 Å². The lowest BCUT2D eigenvalue weighted by Crippen LogP contribution is -2.37. The molecule has 0 bridgehead atoms. The third-order valence-electron chi connectivity index (χ3n) is 3.00. The summed E-state index contributed by atoms with van der Waals surface area (Å²) >= 11 is 0. The van der Waals surface area contributed by atoms with Crippen LogP contribution in [0.25, 0.3) is 0 Å². The first kappa shape index (κ1) is 14.6. The molecule has 0 aliphatic rings. The molecule has 1 amide bonds. The van der Waals surface area contributed by atoms with Crippen molar-refractivity contribution in [3.8, 4) is 5.75 Å². The Kier molecular flexibility index (Phi) is 5.69. The van der Waals surface area contributed by atoms with Crippen LogP contribution in [0.5, 0.6) is 5.75 Å². The lowest BCUT2D eigenvalue weighted by atomic mass is 10.1. The normalized spacial score (nSPS) is 10.7. The van der Waals surface area contributed by atoms with Crippen LogP contribution < -0.4 is 0 Å². The lowest BCUT2D eigenvalue weighted by molar-refractivity contribution is 0.0702. The van der Waals surface area contributed by atoms with E-state index in [2.05, 4.69) is 6.92 Å². The van der Waals surface area contributed by atoms with Gasteiger partial charge in [0.1, 0.15) is 5.75 Å². The molecule has 0 radical (unpaired) electrons. The molecule has 0 aliphatic carbocycles. The molecular formula is C15H23NO2. The van der Waals surface area contributed by atoms with Gasteiger partial charge in [-0.3, -0.25) is 4.79 Å². The highest BCUT2D eigenvalue weighted by Gasteiger charge is 2.17. The van der Waals surface area contributed by atoms with Crippen LogP contribution in [0, 0.1) is 0 Å². The van der Waals surface area contributed by atoms with Crippen LogP contribution in [0.2, 0.25) is 0 Å². The Morgan fingerprint density at radius 2 is 1.83 bits per heavy atom. The Balaban J connectivity index is 2.73. The summed E-state index contributed by atoms with van der Waals surface area (Å²) in [5, 5.41) is 9.23. The molecule has 0 aromatic heterocycles. The Morgan fingerprint density at radius 3 is 2.33 bits per heavy atom. The third-order valence-corrected chi connectivity index (χ3v) is 3.00. The van der Waals surface area contributed by atoms with Crippen LogP contribution in [0.3, 0.4) is 0 Å². The minimum Gasteiger partial charge on any atom is -0.508 e. The molecule has 0 atom stereocenters. The van der Waals surface area contributed by atoms with Crippen LogP contribution in [-0.2, 0) is 0 Å². The van der Waals surface area contributed by atoms with E-state index in [4.69, 9.17) is 0 Å². The topological polar surface area (TPSA) is 40.5 Å². The Morgan fingerprint density at radius 1 is 1.22 bits per heavy atom. The van der Waals surface area contributed by atoms with E-state index in [9.17, 15) is 9.90 Å². The van der Waals surface area contributed by atoms with E-state index in [1.807, 2.05) is 18.7 Å². The average Bonchev–Trinajstić information content (AvgIpc) is 2.34. The number of amides is 1. The van der Waals surface area contributed by atoms with Crippen LogP contribution in [-0.4, -0.2) is 28.5 Å². The van der Waals surface area contributed by atoms with Crippen molar-refractivity contribution in [1.82, 2.24) is 4.90 Å². The molecule has 3 nitrogen and oxygen atoms in total. The number of rotatable bonds is 6. The van der Waals surface area contributed by atoms with Crippen molar-refractivity contribution >= 4 is 5.91 Å². The molecule has 0 unspecified atom stereocenters. The molecule has 0 saturated carbocycles. The number of phenolic OH excluding ortho intramolecular Hbond substituents is 1. The Hall–Kier alpha value is -1.51. The first-order chi connectivity index (χ1) is 8.56. The van der Waals surface area contributed by atoms with Crippen molar-refractivity contribution in [3.05, 3.63) is 29.8 Å². The van der Waals surface area contributed by atoms with Gasteiger partial charge in [-0.05, 0) is 44.5 Å². The Labute approximate surface area is 109 Å². The van der Waals surface area contributed by atoms with Gasteiger partial charge in [0.15, 0.2) is 0 Å². The van der Waals surface area contributed by atoms with Crippen molar-refractivity contribution in [3.63, 3.8) is 0 Å². The smallest absolute Gasteiger partial charge is 0.254 e. The maximum absolute atomic E-state index is 12.3. The fraction of sp³-hybridized carbons (Fsp3) is 0.533. The highest BCUT2D eigenvalue weighted by atomic mass is 16.3. The summed E-state index contributed by atoms with van der Waals surface area (Å²) in [5.41, 5.74) is 0.637. The zero-order chi connectivity index (χ0) is 13.5. The highest BCUT2D eigenvalue weighted by molar-refractivity contribution is 5.94. The average molecular weight is 249 g/mol. The summed E-state index contributed by atoms with van der Waals surface area (Å²) < 4.78 is 0. The van der Waals surface area contributed by atoms with E-state index >= 15 is 0 Å². The zero-order valence-electron chi connectivity index (χ0n) is 11.5. The number of carbonyl (C=O) groups excluding carboxylic acids is 1. The second-order valence-electron chi connectivity index (χ2n) is 4.85. The molecule has 0 saturated heterocycles. The van der Waals surface area contributed by atoms with Crippen molar-refractivity contribution in [2.24, 2.45) is 0 Å². The van der Waals surface area contributed by atoms with E-state index in [-0.39, 0.29) is 17.7 Å². The molecule has 1 aromatic carbocycles. The van der Waals surface area contributed by atoms with E-state index in [0.717, 1.165) is 25.8 Å². The summed E-state index contributed by atoms with van der Waals surface area (Å²) in [5.74, 6) is 0.231. The van der Waals surface area contributed by atoms with Gasteiger partial charge in [-0.1, -0.05) is 19.8 Å². The maximum Gasteiger partial charge on any atom is 0.254 e. The second kappa shape index (κ2) is 7.04. The number of aromatic hydroxyl groups is 1. The number of hydrogen-bond donors (Lipinski definition) is 1. The molecular weight excluding hydrogens is 226 g/mol. The second-order valence-corrected chi connectivity index (χ2v) is 4.85. The molecule has 100 valence electrons. The minimum atomic E-state index is 0.0427. The van der Waals surface area contributed by atoms with Gasteiger partial charge in [-0.25, -0.2) is 0 Å². The standard InChI is InChI=1S/C15H23NO2/c1-4-5-6-11-16(12(2)3)15(18)13-7-9-14(17)10-8-13/h7-10,12,17H,4-6,11H2,1-3H3. The van der Waals surface area contributed by atoms with Gasteiger partial charge in [0.05, 0.1) is 0 Å². The molecule has 0 heterocycles. The molecule has 0 fully saturated rings. The molecule has 18 heavy (non-hydrogen) atoms. The molecule has 1 N–H and O–H groups in total. The number of nitrogens with zero attached hydrogens (tertiary/aromatic N) is 1. The van der Waals surface area contributed by atoms with Gasteiger partial charge in [-0.15, -0.1) is 0 Å². The number of hydrogen-bond acceptors (Lipinski definition) is 2. The van der Waals surface area contributed by atoms with Gasteiger partial charge < -0.3 is 10.0 Å². The Bertz CT molecular complexity index is 371. The largest absolute Gasteiger partial charge is 0.508 e. The quantitative estimate of drug-likeness (QED) is 0.785. The highest BCUT2D eigenvalue weighted by Crippen LogP contribution is 2.14. The van der Waals surface area contributed by atoms with Crippen molar-refractivity contribution < 1.29 is 9.90 Å². The minimum absolute atomic E-state index is 0.0427. The maximum atomic E-state index is 12.3. The van der Waals surface area contributed by atoms with Crippen LogP contribution in [0.1, 0.15) is 50.4 Å². The molecule has 0 aliphatic heterocycles. The van der Waals surface area contributed by atoms with Crippen LogP contribution in [0.15, 0.2) is 24.3 Å². The zero-order valence-corrected chi connectivity index (χ0v) is 11.5. The molecule has 1 aromatic rings. The summed E-state index contributed by atoms with van der Waals surface area (Å²) in [4.78, 5) is 14.2. The van der Waals surface area contributed by atoms with E-state index in [0.29, 0.717) is 5.56 Å². The predicted octanol–water partition coefficient (Wildman–Crippen LogP) is 3.43. The number of phenols is 1. The summed E-state index contributed by atoms with van der Waals surface area (Å²) in [7, 11) is 0. The molecule has 0 spiro atoms. The molecule has 1 rings (SSSR count). The number of carbonyl (C=O) groups is 1. The van der Waals surface area contributed by atoms with E-state index in [1.54, 1.807) is 24.3 Å². The van der Waals surface area contributed by atoms with Gasteiger partial charge >= 0.3 is 0 Å². The van der Waals surface area contributed by atoms with Crippen molar-refractivity contribution in [2.75, 3.05) is 6.54 Å². The summed E-state index contributed by atoms with van der Waals surface area (Å²) in [6.45, 7) is 7.02. The number of benzene rings is 1. The SMILES string of the molecule is CCCCCN(C(=O)c1ccc(O)cc1)C(C)C. The molecule has 3 heteroatoms. The fourth-order valence-corrected chi connectivity index (χ4v) is 1.90. The van der Waals surface area contributed by atoms with Gasteiger partial charge in [0, 0.05) is 18.2 Å². The van der Waals surface area contributed by atoms with Gasteiger partial charge in [0.2, 0.25) is 0 Å². The fourth-order valence-electron chi connectivity index (χ4n) is 1.90. The predicted molar refractivity (Wildman–Crippen MR) is 73.8 cm³/mol. The lowest BCUT2D eigenvalue weighted by Gasteiger charge is -2.27. The van der Waals surface area contributed by atoms with Gasteiger partial charge in [0.25, 0.3) is 5.91 Å². The monoisotopic (exact) mass is 249 g/mol. The van der Waals surface area contributed by atoms with E-state index in [1.165, 1.54) is 0 Å². The summed E-state index contributed by atoms with van der Waals surface area (Å²) in [6.07, 6.45) is 3.34. The van der Waals surface area contributed by atoms with E-state index < -0.39 is 0 Å². The third kappa shape index (κ3) is 4.06. The van der Waals surface area contributed by atoms with Crippen molar-refractivity contribution in [2.45, 2.75) is 46.1 Å². The number of unbranched alkanes of at least 4 members (excludes halogenated alkanes) is 2. The van der Waals surface area contributed by atoms with Crippen LogP contribution >= 0.6 is 0 Å². The first-order valence-corrected chi connectivity index (χ1v) is 6.66. The summed E-state index contributed by atoms with van der Waals surface area (Å²) in [6, 6.07) is 6.65. The first-order valence-electron chi connectivity index (χ1n) is 6.66.